The monoisotopic (exact) mass is 302 g/mol. The molecule has 21 heavy (non-hydrogen) atoms. The second-order valence-corrected chi connectivity index (χ2v) is 5.60. The highest BCUT2D eigenvalue weighted by Gasteiger charge is 2.25. The molecule has 3 aromatic heterocycles. The van der Waals surface area contributed by atoms with Crippen molar-refractivity contribution in [2.24, 2.45) is 0 Å². The summed E-state index contributed by atoms with van der Waals surface area (Å²) in [6.07, 6.45) is 2.30. The van der Waals surface area contributed by atoms with Gasteiger partial charge in [0.15, 0.2) is 4.96 Å². The molecule has 1 N–H and O–H groups in total. The van der Waals surface area contributed by atoms with Gasteiger partial charge in [-0.15, -0.1) is 11.3 Å². The molecule has 0 fully saturated rings. The fourth-order valence-corrected chi connectivity index (χ4v) is 3.11. The Hall–Kier alpha value is -2.55. The van der Waals surface area contributed by atoms with Gasteiger partial charge in [-0.1, -0.05) is 0 Å². The van der Waals surface area contributed by atoms with Crippen LogP contribution in [0.4, 0.5) is 0 Å². The number of fused-ring (bicyclic) bond motifs is 2. The standard InChI is InChI=1S/C12H10N6O2S/c19-10-5-8(13-12-18(10)3-4-21-12)11(20)17-2-1-7-9(6-17)15-16-14-7/h3-5H,1-2,6H2,(H,14,15,16). The Morgan fingerprint density at radius 1 is 1.33 bits per heavy atom. The molecule has 106 valence electrons. The van der Waals surface area contributed by atoms with Gasteiger partial charge in [0.05, 0.1) is 12.2 Å². The normalized spacial score (nSPS) is 14.4. The molecule has 8 nitrogen and oxygen atoms in total. The number of amides is 1. The SMILES string of the molecule is O=C(c1cc(=O)n2ccsc2n1)N1CCc2n[nH]nc2C1. The van der Waals surface area contributed by atoms with Crippen LogP contribution in [0.1, 0.15) is 21.9 Å². The fraction of sp³-hybridized carbons (Fsp3) is 0.250. The molecular formula is C12H10N6O2S. The number of nitrogens with zero attached hydrogens (tertiary/aromatic N) is 5. The third-order valence-electron chi connectivity index (χ3n) is 3.47. The molecule has 0 atom stereocenters. The fourth-order valence-electron chi connectivity index (χ4n) is 2.39. The zero-order valence-electron chi connectivity index (χ0n) is 10.8. The van der Waals surface area contributed by atoms with E-state index in [1.54, 1.807) is 16.5 Å². The number of H-pyrrole nitrogens is 1. The third-order valence-corrected chi connectivity index (χ3v) is 4.23. The van der Waals surface area contributed by atoms with E-state index in [4.69, 9.17) is 0 Å². The molecule has 1 amide bonds. The van der Waals surface area contributed by atoms with E-state index in [2.05, 4.69) is 20.4 Å². The van der Waals surface area contributed by atoms with Gasteiger partial charge in [-0.05, 0) is 0 Å². The van der Waals surface area contributed by atoms with Crippen molar-refractivity contribution in [2.45, 2.75) is 13.0 Å². The smallest absolute Gasteiger partial charge is 0.273 e. The zero-order valence-corrected chi connectivity index (χ0v) is 11.6. The van der Waals surface area contributed by atoms with Crippen LogP contribution in [0.15, 0.2) is 22.4 Å². The Balaban J connectivity index is 1.69. The molecule has 0 aromatic carbocycles. The van der Waals surface area contributed by atoms with E-state index < -0.39 is 0 Å². The minimum atomic E-state index is -0.253. The van der Waals surface area contributed by atoms with Gasteiger partial charge in [-0.2, -0.15) is 15.4 Å². The van der Waals surface area contributed by atoms with E-state index in [0.29, 0.717) is 24.5 Å². The van der Waals surface area contributed by atoms with Crippen LogP contribution in [0.2, 0.25) is 0 Å². The summed E-state index contributed by atoms with van der Waals surface area (Å²) in [5, 5.41) is 12.4. The number of hydrogen-bond acceptors (Lipinski definition) is 6. The Labute approximate surface area is 122 Å². The predicted octanol–water partition coefficient (Wildman–Crippen LogP) is 0.0726. The van der Waals surface area contributed by atoms with Crippen molar-refractivity contribution in [3.8, 4) is 0 Å². The van der Waals surface area contributed by atoms with Gasteiger partial charge >= 0.3 is 0 Å². The van der Waals surface area contributed by atoms with Crippen LogP contribution in [0.3, 0.4) is 0 Å². The van der Waals surface area contributed by atoms with E-state index in [9.17, 15) is 9.59 Å². The van der Waals surface area contributed by atoms with Crippen LogP contribution in [-0.4, -0.2) is 42.1 Å². The van der Waals surface area contributed by atoms with Crippen molar-refractivity contribution in [2.75, 3.05) is 6.54 Å². The van der Waals surface area contributed by atoms with Crippen LogP contribution < -0.4 is 5.56 Å². The van der Waals surface area contributed by atoms with Gasteiger partial charge in [0.25, 0.3) is 11.5 Å². The lowest BCUT2D eigenvalue weighted by Crippen LogP contribution is -2.37. The van der Waals surface area contributed by atoms with Gasteiger partial charge in [-0.3, -0.25) is 14.0 Å². The van der Waals surface area contributed by atoms with E-state index in [1.807, 2.05) is 0 Å². The van der Waals surface area contributed by atoms with Crippen LogP contribution in [-0.2, 0) is 13.0 Å². The van der Waals surface area contributed by atoms with Crippen molar-refractivity contribution >= 4 is 22.2 Å². The highest BCUT2D eigenvalue weighted by atomic mass is 32.1. The molecule has 0 spiro atoms. The largest absolute Gasteiger partial charge is 0.331 e. The van der Waals surface area contributed by atoms with Gasteiger partial charge in [0.1, 0.15) is 11.4 Å². The maximum atomic E-state index is 12.5. The molecule has 4 rings (SSSR count). The number of rotatable bonds is 1. The summed E-state index contributed by atoms with van der Waals surface area (Å²) in [5.41, 5.74) is 1.59. The van der Waals surface area contributed by atoms with Gasteiger partial charge in [0.2, 0.25) is 0 Å². The first-order chi connectivity index (χ1) is 10.2. The second-order valence-electron chi connectivity index (χ2n) is 4.73. The summed E-state index contributed by atoms with van der Waals surface area (Å²) in [6, 6.07) is 1.28. The molecule has 0 saturated carbocycles. The average Bonchev–Trinajstić information content (AvgIpc) is 3.14. The second kappa shape index (κ2) is 4.48. The van der Waals surface area contributed by atoms with E-state index >= 15 is 0 Å². The Kier molecular flexibility index (Phi) is 2.61. The molecule has 0 aliphatic carbocycles. The molecule has 1 aliphatic rings. The molecular weight excluding hydrogens is 292 g/mol. The first kappa shape index (κ1) is 12.2. The number of thiazole rings is 1. The summed E-state index contributed by atoms with van der Waals surface area (Å²) in [5.74, 6) is -0.253. The average molecular weight is 302 g/mol. The minimum absolute atomic E-state index is 0.175. The summed E-state index contributed by atoms with van der Waals surface area (Å²) < 4.78 is 1.42. The number of aromatic amines is 1. The lowest BCUT2D eigenvalue weighted by molar-refractivity contribution is 0.0726. The number of carbonyl (C=O) groups is 1. The highest BCUT2D eigenvalue weighted by molar-refractivity contribution is 7.15. The molecule has 0 radical (unpaired) electrons. The van der Waals surface area contributed by atoms with Crippen molar-refractivity contribution in [3.63, 3.8) is 0 Å². The third kappa shape index (κ3) is 1.93. The molecule has 0 unspecified atom stereocenters. The first-order valence-corrected chi connectivity index (χ1v) is 7.25. The maximum Gasteiger partial charge on any atom is 0.273 e. The lowest BCUT2D eigenvalue weighted by Gasteiger charge is -2.24. The lowest BCUT2D eigenvalue weighted by atomic mass is 10.1. The van der Waals surface area contributed by atoms with Crippen molar-refractivity contribution in [1.29, 1.82) is 0 Å². The first-order valence-electron chi connectivity index (χ1n) is 6.37. The number of carbonyl (C=O) groups excluding carboxylic acids is 1. The number of aromatic nitrogens is 5. The Morgan fingerprint density at radius 3 is 3.10 bits per heavy atom. The van der Waals surface area contributed by atoms with E-state index in [1.165, 1.54) is 21.8 Å². The van der Waals surface area contributed by atoms with E-state index in [-0.39, 0.29) is 17.2 Å². The maximum absolute atomic E-state index is 12.5. The van der Waals surface area contributed by atoms with Gasteiger partial charge in [-0.25, -0.2) is 4.98 Å². The van der Waals surface area contributed by atoms with Crippen LogP contribution in [0.5, 0.6) is 0 Å². The molecule has 3 aromatic rings. The molecule has 4 heterocycles. The van der Waals surface area contributed by atoms with Gasteiger partial charge < -0.3 is 4.90 Å². The number of nitrogens with one attached hydrogen (secondary N) is 1. The summed E-state index contributed by atoms with van der Waals surface area (Å²) >= 11 is 1.32. The zero-order chi connectivity index (χ0) is 14.4. The van der Waals surface area contributed by atoms with E-state index in [0.717, 1.165) is 11.4 Å². The summed E-state index contributed by atoms with van der Waals surface area (Å²) in [6.45, 7) is 0.931. The minimum Gasteiger partial charge on any atom is -0.331 e. The van der Waals surface area contributed by atoms with Gasteiger partial charge in [0, 0.05) is 30.6 Å². The molecule has 0 saturated heterocycles. The van der Waals surface area contributed by atoms with Crippen LogP contribution in [0.25, 0.3) is 4.96 Å². The van der Waals surface area contributed by atoms with Crippen LogP contribution in [0, 0.1) is 0 Å². The van der Waals surface area contributed by atoms with Crippen molar-refractivity contribution in [3.05, 3.63) is 45.1 Å². The topological polar surface area (TPSA) is 96.2 Å². The van der Waals surface area contributed by atoms with Crippen molar-refractivity contribution < 1.29 is 4.79 Å². The molecule has 0 bridgehead atoms. The highest BCUT2D eigenvalue weighted by Crippen LogP contribution is 2.16. The Morgan fingerprint density at radius 2 is 2.19 bits per heavy atom. The summed E-state index contributed by atoms with van der Waals surface area (Å²) in [4.78, 5) is 30.9. The molecule has 1 aliphatic heterocycles. The quantitative estimate of drug-likeness (QED) is 0.686. The van der Waals surface area contributed by atoms with Crippen LogP contribution >= 0.6 is 11.3 Å². The predicted molar refractivity (Wildman–Crippen MR) is 74.2 cm³/mol. The Bertz CT molecular complexity index is 894. The summed E-state index contributed by atoms with van der Waals surface area (Å²) in [7, 11) is 0. The molecule has 9 heteroatoms. The number of hydrogen-bond donors (Lipinski definition) is 1. The van der Waals surface area contributed by atoms with Crippen molar-refractivity contribution in [1.82, 2.24) is 29.7 Å².